The van der Waals surface area contributed by atoms with E-state index in [0.29, 0.717) is 17.7 Å². The van der Waals surface area contributed by atoms with E-state index in [4.69, 9.17) is 4.74 Å². The van der Waals surface area contributed by atoms with E-state index >= 15 is 0 Å². The lowest BCUT2D eigenvalue weighted by molar-refractivity contribution is -0.0256. The zero-order chi connectivity index (χ0) is 13.7. The van der Waals surface area contributed by atoms with E-state index in [-0.39, 0.29) is 16.8 Å². The largest absolute Gasteiger partial charge is 0.486 e. The Balaban J connectivity index is 1.94. The van der Waals surface area contributed by atoms with Gasteiger partial charge in [-0.1, -0.05) is 13.8 Å². The zero-order valence-electron chi connectivity index (χ0n) is 11.3. The fourth-order valence-corrected chi connectivity index (χ4v) is 4.70. The Morgan fingerprint density at radius 3 is 2.89 bits per heavy atom. The molecule has 3 rings (SSSR count). The second kappa shape index (κ2) is 4.38. The molecule has 0 aliphatic carbocycles. The maximum Gasteiger partial charge on any atom is 0.126 e. The van der Waals surface area contributed by atoms with Crippen molar-refractivity contribution < 1.29 is 14.2 Å². The molecule has 2 heterocycles. The van der Waals surface area contributed by atoms with Crippen LogP contribution in [0.2, 0.25) is 0 Å². The van der Waals surface area contributed by atoms with Gasteiger partial charge in [-0.25, -0.2) is 4.39 Å². The van der Waals surface area contributed by atoms with Gasteiger partial charge >= 0.3 is 0 Å². The van der Waals surface area contributed by atoms with Gasteiger partial charge in [-0.2, -0.15) is 11.8 Å². The lowest BCUT2D eigenvalue weighted by atomic mass is 9.77. The van der Waals surface area contributed by atoms with E-state index in [2.05, 4.69) is 13.8 Å². The van der Waals surface area contributed by atoms with Gasteiger partial charge in [0.25, 0.3) is 0 Å². The second-order valence-electron chi connectivity index (χ2n) is 6.52. The summed E-state index contributed by atoms with van der Waals surface area (Å²) in [6, 6.07) is 4.42. The highest BCUT2D eigenvalue weighted by molar-refractivity contribution is 7.99. The zero-order valence-corrected chi connectivity index (χ0v) is 12.1. The van der Waals surface area contributed by atoms with Crippen molar-refractivity contribution in [3.05, 3.63) is 29.6 Å². The molecule has 0 saturated carbocycles. The molecular formula is C15H19FO2S. The molecule has 1 saturated heterocycles. The van der Waals surface area contributed by atoms with E-state index in [1.807, 2.05) is 11.8 Å². The predicted molar refractivity (Wildman–Crippen MR) is 75.1 cm³/mol. The molecule has 0 bridgehead atoms. The van der Waals surface area contributed by atoms with Crippen LogP contribution in [0.4, 0.5) is 4.39 Å². The number of fused-ring (bicyclic) bond motifs is 1. The first-order chi connectivity index (χ1) is 8.89. The van der Waals surface area contributed by atoms with Crippen LogP contribution >= 0.6 is 11.8 Å². The molecule has 0 aromatic heterocycles. The Morgan fingerprint density at radius 2 is 2.16 bits per heavy atom. The summed E-state index contributed by atoms with van der Waals surface area (Å²) in [5.74, 6) is 2.32. The molecular weight excluding hydrogens is 263 g/mol. The topological polar surface area (TPSA) is 29.5 Å². The molecule has 1 N–H and O–H groups in total. The fourth-order valence-electron chi connectivity index (χ4n) is 3.29. The minimum absolute atomic E-state index is 0.209. The van der Waals surface area contributed by atoms with Crippen molar-refractivity contribution >= 4 is 11.8 Å². The van der Waals surface area contributed by atoms with Crippen LogP contribution in [0.3, 0.4) is 0 Å². The Hall–Kier alpha value is -0.740. The van der Waals surface area contributed by atoms with Gasteiger partial charge in [-0.05, 0) is 35.8 Å². The second-order valence-corrected chi connectivity index (χ2v) is 7.51. The van der Waals surface area contributed by atoms with Crippen molar-refractivity contribution in [2.45, 2.75) is 38.4 Å². The van der Waals surface area contributed by atoms with Crippen LogP contribution in [-0.2, 0) is 0 Å². The Bertz CT molecular complexity index is 503. The van der Waals surface area contributed by atoms with E-state index in [1.54, 1.807) is 6.07 Å². The van der Waals surface area contributed by atoms with E-state index in [9.17, 15) is 9.50 Å². The standard InChI is InChI=1S/C15H19FO2S/c1-14(2)7-15(9-19-8-14)6-12(17)11-5-10(16)3-4-13(11)18-15/h3-5,12,17H,6-9H2,1-2H3/t12-,15?/m1/s1. The quantitative estimate of drug-likeness (QED) is 0.789. The van der Waals surface area contributed by atoms with Crippen molar-refractivity contribution in [3.8, 4) is 5.75 Å². The first-order valence-corrected chi connectivity index (χ1v) is 7.79. The number of aliphatic hydroxyl groups is 1. The third-order valence-electron chi connectivity index (χ3n) is 3.88. The molecule has 104 valence electrons. The average Bonchev–Trinajstić information content (AvgIpc) is 2.29. The number of aliphatic hydroxyl groups excluding tert-OH is 1. The van der Waals surface area contributed by atoms with Gasteiger partial charge < -0.3 is 9.84 Å². The molecule has 4 heteroatoms. The van der Waals surface area contributed by atoms with Gasteiger partial charge in [-0.3, -0.25) is 0 Å². The summed E-state index contributed by atoms with van der Waals surface area (Å²) >= 11 is 1.88. The third kappa shape index (κ3) is 2.48. The van der Waals surface area contributed by atoms with Gasteiger partial charge in [0.05, 0.1) is 6.10 Å². The highest BCUT2D eigenvalue weighted by Crippen LogP contribution is 2.49. The lowest BCUT2D eigenvalue weighted by Gasteiger charge is -2.48. The van der Waals surface area contributed by atoms with Crippen LogP contribution in [0.5, 0.6) is 5.75 Å². The molecule has 1 fully saturated rings. The van der Waals surface area contributed by atoms with E-state index in [1.165, 1.54) is 12.1 Å². The Morgan fingerprint density at radius 1 is 1.37 bits per heavy atom. The van der Waals surface area contributed by atoms with Gasteiger partial charge in [0.15, 0.2) is 0 Å². The molecule has 2 nitrogen and oxygen atoms in total. The summed E-state index contributed by atoms with van der Waals surface area (Å²) in [5.41, 5.74) is 0.482. The molecule has 0 radical (unpaired) electrons. The summed E-state index contributed by atoms with van der Waals surface area (Å²) in [4.78, 5) is 0. The van der Waals surface area contributed by atoms with Gasteiger partial charge in [-0.15, -0.1) is 0 Å². The Labute approximate surface area is 117 Å². The third-order valence-corrected chi connectivity index (χ3v) is 5.60. The lowest BCUT2D eigenvalue weighted by Crippen LogP contribution is -2.50. The van der Waals surface area contributed by atoms with Gasteiger partial charge in [0.2, 0.25) is 0 Å². The number of rotatable bonds is 0. The van der Waals surface area contributed by atoms with E-state index < -0.39 is 6.10 Å². The first-order valence-electron chi connectivity index (χ1n) is 6.64. The van der Waals surface area contributed by atoms with Crippen LogP contribution < -0.4 is 4.74 Å². The summed E-state index contributed by atoms with van der Waals surface area (Å²) in [6.07, 6.45) is 0.856. The van der Waals surface area contributed by atoms with Crippen molar-refractivity contribution in [2.24, 2.45) is 5.41 Å². The smallest absolute Gasteiger partial charge is 0.126 e. The van der Waals surface area contributed by atoms with Gasteiger partial charge in [0.1, 0.15) is 17.2 Å². The Kier molecular flexibility index (Phi) is 3.06. The minimum Gasteiger partial charge on any atom is -0.486 e. The number of thioether (sulfide) groups is 1. The summed E-state index contributed by atoms with van der Waals surface area (Å²) in [6.45, 7) is 4.47. The number of benzene rings is 1. The molecule has 1 unspecified atom stereocenters. The fraction of sp³-hybridized carbons (Fsp3) is 0.600. The van der Waals surface area contributed by atoms with Crippen LogP contribution in [0.25, 0.3) is 0 Å². The molecule has 0 amide bonds. The van der Waals surface area contributed by atoms with Crippen LogP contribution in [0, 0.1) is 11.2 Å². The molecule has 2 aliphatic rings. The summed E-state index contributed by atoms with van der Waals surface area (Å²) < 4.78 is 19.4. The maximum atomic E-state index is 13.3. The average molecular weight is 282 g/mol. The van der Waals surface area contributed by atoms with Gasteiger partial charge in [0, 0.05) is 17.7 Å². The minimum atomic E-state index is -0.631. The summed E-state index contributed by atoms with van der Waals surface area (Å²) in [7, 11) is 0. The maximum absolute atomic E-state index is 13.3. The highest BCUT2D eigenvalue weighted by atomic mass is 32.2. The van der Waals surface area contributed by atoms with Crippen LogP contribution in [0.15, 0.2) is 18.2 Å². The predicted octanol–water partition coefficient (Wildman–Crippen LogP) is 3.54. The molecule has 1 spiro atoms. The molecule has 19 heavy (non-hydrogen) atoms. The first kappa shape index (κ1) is 13.3. The van der Waals surface area contributed by atoms with Crippen molar-refractivity contribution in [1.82, 2.24) is 0 Å². The van der Waals surface area contributed by atoms with Crippen LogP contribution in [-0.4, -0.2) is 22.2 Å². The molecule has 1 aromatic carbocycles. The number of halogens is 1. The SMILES string of the molecule is CC1(C)CSCC2(C[C@@H](O)c3cc(F)ccc3O2)C1. The van der Waals surface area contributed by atoms with Crippen molar-refractivity contribution in [3.63, 3.8) is 0 Å². The van der Waals surface area contributed by atoms with Crippen LogP contribution in [0.1, 0.15) is 38.4 Å². The number of ether oxygens (including phenoxy) is 1. The number of hydrogen-bond donors (Lipinski definition) is 1. The summed E-state index contributed by atoms with van der Waals surface area (Å²) in [5, 5.41) is 10.3. The molecule has 2 aliphatic heterocycles. The van der Waals surface area contributed by atoms with Crippen molar-refractivity contribution in [2.75, 3.05) is 11.5 Å². The monoisotopic (exact) mass is 282 g/mol. The van der Waals surface area contributed by atoms with Crippen molar-refractivity contribution in [1.29, 1.82) is 0 Å². The normalized spacial score (nSPS) is 32.7. The van der Waals surface area contributed by atoms with E-state index in [0.717, 1.165) is 17.9 Å². The highest BCUT2D eigenvalue weighted by Gasteiger charge is 2.46. The molecule has 2 atom stereocenters. The number of hydrogen-bond acceptors (Lipinski definition) is 3. The molecule has 1 aromatic rings.